The van der Waals surface area contributed by atoms with E-state index in [-0.39, 0.29) is 41.5 Å². The van der Waals surface area contributed by atoms with E-state index in [0.29, 0.717) is 23.1 Å². The molecular weight excluding hydrogens is 440 g/mol. The van der Waals surface area contributed by atoms with Crippen molar-refractivity contribution < 1.29 is 22.8 Å². The summed E-state index contributed by atoms with van der Waals surface area (Å²) in [5.74, 6) is -1.04. The van der Waals surface area contributed by atoms with Gasteiger partial charge in [0, 0.05) is 12.1 Å². The maximum atomic E-state index is 12.5. The Morgan fingerprint density at radius 2 is 1.36 bits per heavy atom. The maximum Gasteiger partial charge on any atom is 0.261 e. The lowest BCUT2D eigenvalue weighted by Crippen LogP contribution is -2.29. The topological polar surface area (TPSA) is 101 Å². The number of imide groups is 1. The van der Waals surface area contributed by atoms with Crippen LogP contribution in [-0.4, -0.2) is 43.3 Å². The zero-order valence-electron chi connectivity index (χ0n) is 17.7. The number of nitrogens with one attached hydrogen (secondary N) is 1. The molecule has 8 heteroatoms. The highest BCUT2D eigenvalue weighted by atomic mass is 32.2. The normalized spacial score (nSPS) is 13.2. The van der Waals surface area contributed by atoms with E-state index < -0.39 is 9.84 Å². The summed E-state index contributed by atoms with van der Waals surface area (Å²) in [5.41, 5.74) is 1.92. The Bertz CT molecular complexity index is 1270. The number of sulfone groups is 1. The summed E-state index contributed by atoms with van der Waals surface area (Å²) >= 11 is 0. The number of carbonyl (C=O) groups excluding carboxylic acids is 3. The molecule has 1 aliphatic heterocycles. The van der Waals surface area contributed by atoms with Crippen LogP contribution in [0.1, 0.15) is 43.1 Å². The highest BCUT2D eigenvalue weighted by molar-refractivity contribution is 7.91. The Morgan fingerprint density at radius 1 is 0.788 bits per heavy atom. The molecule has 4 rings (SSSR count). The molecule has 0 radical (unpaired) electrons. The molecule has 0 spiro atoms. The van der Waals surface area contributed by atoms with Crippen molar-refractivity contribution in [3.8, 4) is 0 Å². The summed E-state index contributed by atoms with van der Waals surface area (Å²) in [6.07, 6.45) is 0.292. The van der Waals surface area contributed by atoms with Crippen LogP contribution >= 0.6 is 0 Å². The molecule has 3 amide bonds. The van der Waals surface area contributed by atoms with E-state index in [4.69, 9.17) is 0 Å². The third-order valence-electron chi connectivity index (χ3n) is 5.41. The van der Waals surface area contributed by atoms with Crippen molar-refractivity contribution in [2.75, 3.05) is 12.3 Å². The second kappa shape index (κ2) is 9.38. The van der Waals surface area contributed by atoms with Crippen LogP contribution in [0, 0.1) is 0 Å². The molecule has 33 heavy (non-hydrogen) atoms. The van der Waals surface area contributed by atoms with Gasteiger partial charge < -0.3 is 5.32 Å². The number of rotatable bonds is 8. The van der Waals surface area contributed by atoms with Crippen molar-refractivity contribution in [1.29, 1.82) is 0 Å². The lowest BCUT2D eigenvalue weighted by atomic mass is 10.1. The van der Waals surface area contributed by atoms with Gasteiger partial charge in [-0.2, -0.15) is 0 Å². The number of carbonyl (C=O) groups is 3. The molecule has 0 unspecified atom stereocenters. The van der Waals surface area contributed by atoms with Gasteiger partial charge in [0.05, 0.1) is 28.3 Å². The molecule has 1 N–H and O–H groups in total. The highest BCUT2D eigenvalue weighted by Crippen LogP contribution is 2.24. The molecule has 168 valence electrons. The minimum absolute atomic E-state index is 0.0590. The van der Waals surface area contributed by atoms with Crippen LogP contribution in [0.15, 0.2) is 83.8 Å². The van der Waals surface area contributed by atoms with Gasteiger partial charge in [-0.15, -0.1) is 0 Å². The maximum absolute atomic E-state index is 12.5. The number of nitrogens with zero attached hydrogens (tertiary/aromatic N) is 1. The highest BCUT2D eigenvalue weighted by Gasteiger charge is 2.34. The summed E-state index contributed by atoms with van der Waals surface area (Å²) in [6.45, 7) is 0.341. The van der Waals surface area contributed by atoms with Crippen LogP contribution in [0.2, 0.25) is 0 Å². The van der Waals surface area contributed by atoms with Crippen molar-refractivity contribution >= 4 is 27.6 Å². The van der Waals surface area contributed by atoms with E-state index >= 15 is 0 Å². The van der Waals surface area contributed by atoms with E-state index in [2.05, 4.69) is 5.32 Å². The van der Waals surface area contributed by atoms with Gasteiger partial charge in [0.2, 0.25) is 0 Å². The first-order valence-corrected chi connectivity index (χ1v) is 12.1. The molecule has 1 heterocycles. The van der Waals surface area contributed by atoms with Gasteiger partial charge in [0.15, 0.2) is 9.84 Å². The number of hydrogen-bond donors (Lipinski definition) is 1. The molecule has 0 saturated carbocycles. The Labute approximate surface area is 192 Å². The van der Waals surface area contributed by atoms with Crippen molar-refractivity contribution in [1.82, 2.24) is 10.2 Å². The number of benzene rings is 3. The Morgan fingerprint density at radius 3 is 1.97 bits per heavy atom. The summed E-state index contributed by atoms with van der Waals surface area (Å²) in [5, 5.41) is 2.72. The fourth-order valence-electron chi connectivity index (χ4n) is 3.64. The van der Waals surface area contributed by atoms with Gasteiger partial charge in [-0.3, -0.25) is 19.3 Å². The monoisotopic (exact) mass is 462 g/mol. The fraction of sp³-hybridized carbons (Fsp3) is 0.160. The van der Waals surface area contributed by atoms with Crippen LogP contribution in [0.5, 0.6) is 0 Å². The Kier molecular flexibility index (Phi) is 6.37. The molecule has 0 aromatic heterocycles. The average Bonchev–Trinajstić information content (AvgIpc) is 3.08. The van der Waals surface area contributed by atoms with Gasteiger partial charge >= 0.3 is 0 Å². The number of amides is 3. The van der Waals surface area contributed by atoms with Crippen LogP contribution < -0.4 is 5.32 Å². The van der Waals surface area contributed by atoms with Gasteiger partial charge in [-0.1, -0.05) is 42.5 Å². The lowest BCUT2D eigenvalue weighted by molar-refractivity contribution is 0.0641. The zero-order chi connectivity index (χ0) is 23.4. The summed E-state index contributed by atoms with van der Waals surface area (Å²) < 4.78 is 24.6. The minimum atomic E-state index is -3.38. The van der Waals surface area contributed by atoms with Gasteiger partial charge in [-0.05, 0) is 48.4 Å². The standard InChI is InChI=1S/C25H22N2O5S/c28-23(26-15-6-16-33(31,32)20-7-2-1-3-8-20)19-13-11-18(12-14-19)17-27-24(29)21-9-4-5-10-22(21)25(27)30/h1-5,7-14H,6,15-17H2,(H,26,28). The number of hydrogen-bond acceptors (Lipinski definition) is 5. The first-order valence-electron chi connectivity index (χ1n) is 10.5. The van der Waals surface area contributed by atoms with E-state index in [1.54, 1.807) is 78.9 Å². The molecule has 0 saturated heterocycles. The van der Waals surface area contributed by atoms with Gasteiger partial charge in [0.25, 0.3) is 17.7 Å². The van der Waals surface area contributed by atoms with E-state index in [1.807, 2.05) is 0 Å². The lowest BCUT2D eigenvalue weighted by Gasteiger charge is -2.14. The molecule has 0 bridgehead atoms. The second-order valence-electron chi connectivity index (χ2n) is 7.68. The first-order chi connectivity index (χ1) is 15.9. The van der Waals surface area contributed by atoms with Crippen LogP contribution in [0.25, 0.3) is 0 Å². The average molecular weight is 463 g/mol. The largest absolute Gasteiger partial charge is 0.352 e. The molecule has 7 nitrogen and oxygen atoms in total. The summed E-state index contributed by atoms with van der Waals surface area (Å²) in [4.78, 5) is 38.8. The quantitative estimate of drug-likeness (QED) is 0.410. The van der Waals surface area contributed by atoms with Crippen LogP contribution in [0.3, 0.4) is 0 Å². The van der Waals surface area contributed by atoms with E-state index in [1.165, 1.54) is 4.90 Å². The SMILES string of the molecule is O=C(NCCCS(=O)(=O)c1ccccc1)c1ccc(CN2C(=O)c3ccccc3C2=O)cc1. The smallest absolute Gasteiger partial charge is 0.261 e. The van der Waals surface area contributed by atoms with Gasteiger partial charge in [-0.25, -0.2) is 8.42 Å². The number of fused-ring (bicyclic) bond motifs is 1. The van der Waals surface area contributed by atoms with Crippen molar-refractivity contribution in [3.63, 3.8) is 0 Å². The van der Waals surface area contributed by atoms with E-state index in [9.17, 15) is 22.8 Å². The van der Waals surface area contributed by atoms with Crippen molar-refractivity contribution in [2.45, 2.75) is 17.9 Å². The summed E-state index contributed by atoms with van der Waals surface area (Å²) in [6, 6.07) is 21.5. The molecule has 0 atom stereocenters. The second-order valence-corrected chi connectivity index (χ2v) is 9.79. The molecule has 0 fully saturated rings. The van der Waals surface area contributed by atoms with E-state index in [0.717, 1.165) is 5.56 Å². The van der Waals surface area contributed by atoms with Crippen LogP contribution in [0.4, 0.5) is 0 Å². The Hall–Kier alpha value is -3.78. The van der Waals surface area contributed by atoms with Crippen molar-refractivity contribution in [2.24, 2.45) is 0 Å². The van der Waals surface area contributed by atoms with Crippen LogP contribution in [-0.2, 0) is 16.4 Å². The minimum Gasteiger partial charge on any atom is -0.352 e. The molecule has 3 aromatic carbocycles. The molecule has 1 aliphatic rings. The fourth-order valence-corrected chi connectivity index (χ4v) is 4.97. The molecular formula is C25H22N2O5S. The zero-order valence-corrected chi connectivity index (χ0v) is 18.5. The first kappa shape index (κ1) is 22.4. The molecule has 0 aliphatic carbocycles. The third-order valence-corrected chi connectivity index (χ3v) is 7.23. The predicted molar refractivity (Wildman–Crippen MR) is 123 cm³/mol. The Balaban J connectivity index is 1.29. The predicted octanol–water partition coefficient (Wildman–Crippen LogP) is 3.08. The van der Waals surface area contributed by atoms with Gasteiger partial charge in [0.1, 0.15) is 0 Å². The van der Waals surface area contributed by atoms with Crippen molar-refractivity contribution in [3.05, 3.63) is 101 Å². The summed E-state index contributed by atoms with van der Waals surface area (Å²) in [7, 11) is -3.38. The molecule has 3 aromatic rings. The third kappa shape index (κ3) is 4.85.